The lowest BCUT2D eigenvalue weighted by atomic mass is 10.1. The minimum absolute atomic E-state index is 0.270. The molecule has 0 bridgehead atoms. The van der Waals surface area contributed by atoms with Crippen LogP contribution in [0.25, 0.3) is 0 Å². The average Bonchev–Trinajstić information content (AvgIpc) is 2.70. The van der Waals surface area contributed by atoms with Gasteiger partial charge in [-0.05, 0) is 61.4 Å². The van der Waals surface area contributed by atoms with Crippen LogP contribution in [0.1, 0.15) is 21.7 Å². The van der Waals surface area contributed by atoms with Crippen LogP contribution in [0.2, 0.25) is 0 Å². The lowest BCUT2D eigenvalue weighted by Gasteiger charge is -2.09. The smallest absolute Gasteiger partial charge is 0.270 e. The van der Waals surface area contributed by atoms with Gasteiger partial charge in [0, 0.05) is 17.9 Å². The molecule has 0 fully saturated rings. The molecule has 2 N–H and O–H groups in total. The Morgan fingerprint density at radius 2 is 1.79 bits per heavy atom. The lowest BCUT2D eigenvalue weighted by Crippen LogP contribution is -2.27. The number of carbonyl (C=O) groups is 1. The Morgan fingerprint density at radius 1 is 1.07 bits per heavy atom. The molecule has 0 radical (unpaired) electrons. The molecule has 2 aromatic carbocycles. The molecule has 144 valence electrons. The first-order valence-electron chi connectivity index (χ1n) is 8.83. The van der Waals surface area contributed by atoms with Crippen molar-refractivity contribution in [2.45, 2.75) is 13.3 Å². The summed E-state index contributed by atoms with van der Waals surface area (Å²) in [6.07, 6.45) is 0.695. The summed E-state index contributed by atoms with van der Waals surface area (Å²) in [5.41, 5.74) is 2.66. The number of halogens is 1. The number of ether oxygens (including phenoxy) is 1. The highest BCUT2D eigenvalue weighted by molar-refractivity contribution is 5.92. The highest BCUT2D eigenvalue weighted by atomic mass is 19.1. The summed E-state index contributed by atoms with van der Waals surface area (Å²) >= 11 is 0. The fraction of sp³-hybridized carbons (Fsp3) is 0.190. The molecule has 0 spiro atoms. The van der Waals surface area contributed by atoms with Gasteiger partial charge in [0.25, 0.3) is 5.91 Å². The molecule has 3 aromatic rings. The predicted molar refractivity (Wildman–Crippen MR) is 105 cm³/mol. The summed E-state index contributed by atoms with van der Waals surface area (Å²) < 4.78 is 18.2. The van der Waals surface area contributed by atoms with Gasteiger partial charge in [-0.25, -0.2) is 14.4 Å². The van der Waals surface area contributed by atoms with Crippen LogP contribution in [0.4, 0.5) is 16.0 Å². The minimum Gasteiger partial charge on any atom is -0.497 e. The van der Waals surface area contributed by atoms with Crippen molar-refractivity contribution in [1.29, 1.82) is 0 Å². The molecule has 3 rings (SSSR count). The molecule has 7 heteroatoms. The molecule has 1 heterocycles. The largest absolute Gasteiger partial charge is 0.497 e. The third-order valence-electron chi connectivity index (χ3n) is 4.05. The first kappa shape index (κ1) is 19.3. The number of carbonyl (C=O) groups excluding carboxylic acids is 1. The van der Waals surface area contributed by atoms with Crippen molar-refractivity contribution in [1.82, 2.24) is 15.3 Å². The summed E-state index contributed by atoms with van der Waals surface area (Å²) in [6.45, 7) is 2.26. The fourth-order valence-electron chi connectivity index (χ4n) is 2.61. The topological polar surface area (TPSA) is 76.1 Å². The second kappa shape index (κ2) is 8.94. The Kier molecular flexibility index (Phi) is 6.16. The Hall–Kier alpha value is -3.48. The number of rotatable bonds is 7. The van der Waals surface area contributed by atoms with Crippen molar-refractivity contribution in [2.75, 3.05) is 19.0 Å². The number of nitrogens with one attached hydrogen (secondary N) is 2. The fourth-order valence-corrected chi connectivity index (χ4v) is 2.61. The number of amides is 1. The maximum Gasteiger partial charge on any atom is 0.270 e. The van der Waals surface area contributed by atoms with E-state index in [4.69, 9.17) is 4.74 Å². The van der Waals surface area contributed by atoms with Gasteiger partial charge in [0.05, 0.1) is 7.11 Å². The zero-order valence-electron chi connectivity index (χ0n) is 15.7. The third kappa shape index (κ3) is 5.26. The van der Waals surface area contributed by atoms with Crippen molar-refractivity contribution in [3.05, 3.63) is 77.4 Å². The highest BCUT2D eigenvalue weighted by Gasteiger charge is 2.10. The molecule has 28 heavy (non-hydrogen) atoms. The van der Waals surface area contributed by atoms with Crippen molar-refractivity contribution in [3.63, 3.8) is 0 Å². The molecular formula is C21H21FN4O2. The van der Waals surface area contributed by atoms with Crippen molar-refractivity contribution in [2.24, 2.45) is 0 Å². The Labute approximate surface area is 162 Å². The Bertz CT molecular complexity index is 944. The monoisotopic (exact) mass is 380 g/mol. The number of hydrogen-bond acceptors (Lipinski definition) is 5. The van der Waals surface area contributed by atoms with Crippen LogP contribution in [-0.2, 0) is 6.42 Å². The number of hydrogen-bond donors (Lipinski definition) is 2. The van der Waals surface area contributed by atoms with Crippen molar-refractivity contribution in [3.8, 4) is 5.75 Å². The van der Waals surface area contributed by atoms with Crippen LogP contribution < -0.4 is 15.4 Å². The van der Waals surface area contributed by atoms with E-state index in [9.17, 15) is 9.18 Å². The van der Waals surface area contributed by atoms with Gasteiger partial charge in [0.1, 0.15) is 17.3 Å². The molecule has 0 saturated heterocycles. The van der Waals surface area contributed by atoms with E-state index in [0.29, 0.717) is 24.3 Å². The van der Waals surface area contributed by atoms with Crippen LogP contribution in [0.3, 0.4) is 0 Å². The molecule has 0 aliphatic carbocycles. The second-order valence-electron chi connectivity index (χ2n) is 6.20. The van der Waals surface area contributed by atoms with Gasteiger partial charge in [-0.3, -0.25) is 4.79 Å². The van der Waals surface area contributed by atoms with Gasteiger partial charge in [0.15, 0.2) is 0 Å². The Balaban J connectivity index is 1.60. The van der Waals surface area contributed by atoms with E-state index in [0.717, 1.165) is 11.3 Å². The van der Waals surface area contributed by atoms with Crippen LogP contribution in [0.5, 0.6) is 5.75 Å². The van der Waals surface area contributed by atoms with E-state index in [1.165, 1.54) is 12.1 Å². The number of benzene rings is 2. The first-order chi connectivity index (χ1) is 13.5. The molecule has 6 nitrogen and oxygen atoms in total. The van der Waals surface area contributed by atoms with Gasteiger partial charge in [0.2, 0.25) is 5.95 Å². The molecular weight excluding hydrogens is 359 g/mol. The number of methoxy groups -OCH3 is 1. The molecule has 0 unspecified atom stereocenters. The average molecular weight is 380 g/mol. The second-order valence-corrected chi connectivity index (χ2v) is 6.20. The molecule has 0 atom stereocenters. The van der Waals surface area contributed by atoms with Gasteiger partial charge in [-0.1, -0.05) is 12.1 Å². The molecule has 0 aliphatic rings. The number of aryl methyl sites for hydroxylation is 1. The molecule has 0 aliphatic heterocycles. The number of nitrogens with zero attached hydrogens (tertiary/aromatic N) is 2. The first-order valence-corrected chi connectivity index (χ1v) is 8.83. The summed E-state index contributed by atoms with van der Waals surface area (Å²) in [6, 6.07) is 15.2. The molecule has 0 saturated carbocycles. The van der Waals surface area contributed by atoms with Crippen molar-refractivity contribution >= 4 is 17.5 Å². The van der Waals surface area contributed by atoms with Gasteiger partial charge < -0.3 is 15.4 Å². The molecule has 1 aromatic heterocycles. The number of aromatic nitrogens is 2. The minimum atomic E-state index is -0.326. The summed E-state index contributed by atoms with van der Waals surface area (Å²) in [4.78, 5) is 21.0. The summed E-state index contributed by atoms with van der Waals surface area (Å²) in [5, 5.41) is 5.84. The van der Waals surface area contributed by atoms with Crippen LogP contribution in [0.15, 0.2) is 54.6 Å². The lowest BCUT2D eigenvalue weighted by molar-refractivity contribution is 0.0949. The van der Waals surface area contributed by atoms with Crippen LogP contribution >= 0.6 is 0 Å². The summed E-state index contributed by atoms with van der Waals surface area (Å²) in [5.74, 6) is 0.478. The zero-order chi connectivity index (χ0) is 19.9. The normalized spacial score (nSPS) is 10.4. The van der Waals surface area contributed by atoms with Crippen LogP contribution in [0, 0.1) is 12.7 Å². The van der Waals surface area contributed by atoms with E-state index in [2.05, 4.69) is 20.6 Å². The van der Waals surface area contributed by atoms with Gasteiger partial charge >= 0.3 is 0 Å². The number of anilines is 2. The van der Waals surface area contributed by atoms with E-state index >= 15 is 0 Å². The van der Waals surface area contributed by atoms with Crippen molar-refractivity contribution < 1.29 is 13.9 Å². The highest BCUT2D eigenvalue weighted by Crippen LogP contribution is 2.15. The quantitative estimate of drug-likeness (QED) is 0.654. The van der Waals surface area contributed by atoms with Gasteiger partial charge in [-0.2, -0.15) is 0 Å². The molecule has 1 amide bonds. The summed E-state index contributed by atoms with van der Waals surface area (Å²) in [7, 11) is 1.62. The predicted octanol–water partition coefficient (Wildman–Crippen LogP) is 3.65. The third-order valence-corrected chi connectivity index (χ3v) is 4.05. The van der Waals surface area contributed by atoms with E-state index in [-0.39, 0.29) is 23.4 Å². The van der Waals surface area contributed by atoms with E-state index in [1.807, 2.05) is 24.3 Å². The van der Waals surface area contributed by atoms with E-state index in [1.54, 1.807) is 32.2 Å². The van der Waals surface area contributed by atoms with E-state index < -0.39 is 0 Å². The SMILES string of the molecule is COc1ccc(CCNC(=O)c2cc(C)nc(Nc3ccc(F)cc3)n2)cc1. The zero-order valence-corrected chi connectivity index (χ0v) is 15.7. The standard InChI is InChI=1S/C21H21FN4O2/c1-14-13-19(26-21(24-14)25-17-7-5-16(22)6-8-17)20(27)23-12-11-15-3-9-18(28-2)10-4-15/h3-10,13H,11-12H2,1-2H3,(H,23,27)(H,24,25,26). The van der Waals surface area contributed by atoms with Crippen LogP contribution in [-0.4, -0.2) is 29.5 Å². The van der Waals surface area contributed by atoms with Gasteiger partial charge in [-0.15, -0.1) is 0 Å². The maximum absolute atomic E-state index is 13.0. The Morgan fingerprint density at radius 3 is 2.46 bits per heavy atom. The maximum atomic E-state index is 13.0.